The van der Waals surface area contributed by atoms with Crippen LogP contribution in [0.5, 0.6) is 28.7 Å². The number of rotatable bonds is 6. The molecule has 0 heterocycles. The average Bonchev–Trinajstić information content (AvgIpc) is 2.73. The van der Waals surface area contributed by atoms with Gasteiger partial charge in [0.2, 0.25) is 5.75 Å². The first-order valence-corrected chi connectivity index (χ1v) is 9.49. The third kappa shape index (κ3) is 3.88. The van der Waals surface area contributed by atoms with Crippen LogP contribution in [-0.2, 0) is 6.42 Å². The number of fused-ring (bicyclic) bond motifs is 1. The van der Waals surface area contributed by atoms with Crippen molar-refractivity contribution in [2.75, 3.05) is 28.4 Å². The first-order chi connectivity index (χ1) is 14.0. The molecule has 29 heavy (non-hydrogen) atoms. The van der Waals surface area contributed by atoms with Gasteiger partial charge in [-0.2, -0.15) is 0 Å². The number of ketones is 1. The molecule has 1 aliphatic rings. The van der Waals surface area contributed by atoms with Gasteiger partial charge in [-0.15, -0.1) is 0 Å². The molecular weight excluding hydrogens is 372 g/mol. The molecule has 0 unspecified atom stereocenters. The second-order valence-electron chi connectivity index (χ2n) is 6.75. The predicted octanol–water partition coefficient (Wildman–Crippen LogP) is 4.42. The van der Waals surface area contributed by atoms with E-state index in [2.05, 4.69) is 0 Å². The summed E-state index contributed by atoms with van der Waals surface area (Å²) < 4.78 is 21.4. The molecule has 6 nitrogen and oxygen atoms in total. The molecule has 0 spiro atoms. The predicted molar refractivity (Wildman–Crippen MR) is 111 cm³/mol. The number of Topliss-reactive ketones (excluding diaryl/α,β-unsaturated/α-hetero) is 1. The Morgan fingerprint density at radius 1 is 0.897 bits per heavy atom. The van der Waals surface area contributed by atoms with Gasteiger partial charge in [-0.25, -0.2) is 0 Å². The molecule has 0 fully saturated rings. The highest BCUT2D eigenvalue weighted by molar-refractivity contribution is 6.29. The van der Waals surface area contributed by atoms with E-state index in [1.54, 1.807) is 18.2 Å². The Hall–Kier alpha value is -3.15. The van der Waals surface area contributed by atoms with Crippen molar-refractivity contribution in [2.24, 2.45) is 0 Å². The first kappa shape index (κ1) is 20.6. The Bertz CT molecular complexity index is 920. The molecule has 154 valence electrons. The first-order valence-electron chi connectivity index (χ1n) is 9.49. The fourth-order valence-corrected chi connectivity index (χ4v) is 3.67. The van der Waals surface area contributed by atoms with E-state index in [4.69, 9.17) is 18.9 Å². The summed E-state index contributed by atoms with van der Waals surface area (Å²) >= 11 is 0. The fraction of sp³-hybridized carbons (Fsp3) is 0.348. The molecule has 1 N–H and O–H groups in total. The van der Waals surface area contributed by atoms with Gasteiger partial charge in [-0.1, -0.05) is 12.1 Å². The largest absolute Gasteiger partial charge is 0.504 e. The van der Waals surface area contributed by atoms with Gasteiger partial charge >= 0.3 is 0 Å². The zero-order valence-corrected chi connectivity index (χ0v) is 17.2. The number of methoxy groups -OCH3 is 4. The third-order valence-corrected chi connectivity index (χ3v) is 5.16. The number of ether oxygens (including phenoxy) is 4. The number of aromatic hydroxyl groups is 1. The van der Waals surface area contributed by atoms with Gasteiger partial charge in [0.15, 0.2) is 28.8 Å². The number of phenolic OH excluding ortho intramolecular Hbond substituents is 1. The highest BCUT2D eigenvalue weighted by Gasteiger charge is 2.24. The lowest BCUT2D eigenvalue weighted by Gasteiger charge is -2.19. The van der Waals surface area contributed by atoms with E-state index in [1.807, 2.05) is 12.1 Å². The average molecular weight is 398 g/mol. The monoisotopic (exact) mass is 398 g/mol. The van der Waals surface area contributed by atoms with Crippen molar-refractivity contribution in [3.05, 3.63) is 47.0 Å². The third-order valence-electron chi connectivity index (χ3n) is 5.16. The van der Waals surface area contributed by atoms with E-state index in [1.165, 1.54) is 28.4 Å². The second kappa shape index (κ2) is 8.90. The van der Waals surface area contributed by atoms with Gasteiger partial charge in [-0.05, 0) is 49.4 Å². The summed E-state index contributed by atoms with van der Waals surface area (Å²) in [6.45, 7) is 0. The molecule has 0 aliphatic heterocycles. The van der Waals surface area contributed by atoms with Crippen molar-refractivity contribution in [3.63, 3.8) is 0 Å². The topological polar surface area (TPSA) is 74.2 Å². The molecule has 6 heteroatoms. The second-order valence-corrected chi connectivity index (χ2v) is 6.75. The van der Waals surface area contributed by atoms with Crippen LogP contribution in [0.2, 0.25) is 0 Å². The van der Waals surface area contributed by atoms with Gasteiger partial charge in [0, 0.05) is 16.7 Å². The maximum Gasteiger partial charge on any atom is 0.203 e. The molecule has 1 aliphatic carbocycles. The molecule has 0 amide bonds. The standard InChI is InChI=1S/C23H26O6/c1-26-18-11-10-15-16(8-6-5-7-9-17(15)22(18)25)21(24)14-12-19(27-2)23(29-4)20(13-14)28-3/h8,10-13,25H,5-7,9H2,1-4H3. The Balaban J connectivity index is 2.13. The summed E-state index contributed by atoms with van der Waals surface area (Å²) in [6, 6.07) is 6.81. The lowest BCUT2D eigenvalue weighted by Crippen LogP contribution is -2.09. The molecule has 0 radical (unpaired) electrons. The van der Waals surface area contributed by atoms with Crippen molar-refractivity contribution in [3.8, 4) is 28.7 Å². The van der Waals surface area contributed by atoms with Crippen LogP contribution in [0.25, 0.3) is 5.57 Å². The smallest absolute Gasteiger partial charge is 0.203 e. The Labute approximate surface area is 170 Å². The molecule has 2 aromatic carbocycles. The molecule has 0 atom stereocenters. The maximum absolute atomic E-state index is 13.5. The minimum absolute atomic E-state index is 0.0930. The van der Waals surface area contributed by atoms with Crippen LogP contribution in [0.15, 0.2) is 30.3 Å². The SMILES string of the molecule is COc1ccc2c(c1O)CCCCC=C2C(=O)c1cc(OC)c(OC)c(OC)c1. The van der Waals surface area contributed by atoms with Gasteiger partial charge in [0.05, 0.1) is 28.4 Å². The van der Waals surface area contributed by atoms with E-state index in [0.717, 1.165) is 30.4 Å². The number of hydrogen-bond donors (Lipinski definition) is 1. The lowest BCUT2D eigenvalue weighted by atomic mass is 9.87. The fourth-order valence-electron chi connectivity index (χ4n) is 3.67. The van der Waals surface area contributed by atoms with E-state index in [9.17, 15) is 9.90 Å². The Morgan fingerprint density at radius 3 is 2.14 bits per heavy atom. The molecule has 0 aromatic heterocycles. The highest BCUT2D eigenvalue weighted by atomic mass is 16.5. The number of carbonyl (C=O) groups excluding carboxylic acids is 1. The zero-order valence-electron chi connectivity index (χ0n) is 17.2. The minimum atomic E-state index is -0.169. The molecule has 0 saturated heterocycles. The van der Waals surface area contributed by atoms with Crippen LogP contribution >= 0.6 is 0 Å². The van der Waals surface area contributed by atoms with E-state index in [0.29, 0.717) is 40.6 Å². The number of hydrogen-bond acceptors (Lipinski definition) is 6. The summed E-state index contributed by atoms with van der Waals surface area (Å²) in [4.78, 5) is 13.5. The van der Waals surface area contributed by atoms with Crippen LogP contribution in [-0.4, -0.2) is 39.3 Å². The molecular formula is C23H26O6. The van der Waals surface area contributed by atoms with E-state index >= 15 is 0 Å². The summed E-state index contributed by atoms with van der Waals surface area (Å²) in [7, 11) is 6.06. The van der Waals surface area contributed by atoms with Crippen molar-refractivity contribution >= 4 is 11.4 Å². The number of benzene rings is 2. The van der Waals surface area contributed by atoms with Gasteiger partial charge in [0.25, 0.3) is 0 Å². The molecule has 2 aromatic rings. The van der Waals surface area contributed by atoms with Crippen LogP contribution < -0.4 is 18.9 Å². The van der Waals surface area contributed by atoms with Crippen LogP contribution in [0.3, 0.4) is 0 Å². The summed E-state index contributed by atoms with van der Waals surface area (Å²) in [5, 5.41) is 10.6. The van der Waals surface area contributed by atoms with Gasteiger partial charge in [-0.3, -0.25) is 4.79 Å². The molecule has 3 rings (SSSR count). The molecule has 0 saturated carbocycles. The summed E-state index contributed by atoms with van der Waals surface area (Å²) in [6.07, 6.45) is 5.27. The maximum atomic E-state index is 13.5. The van der Waals surface area contributed by atoms with Gasteiger partial charge < -0.3 is 24.1 Å². The lowest BCUT2D eigenvalue weighted by molar-refractivity contribution is 0.105. The van der Waals surface area contributed by atoms with Crippen molar-refractivity contribution < 1.29 is 28.8 Å². The van der Waals surface area contributed by atoms with E-state index < -0.39 is 0 Å². The number of phenols is 1. The quantitative estimate of drug-likeness (QED) is 0.726. The minimum Gasteiger partial charge on any atom is -0.504 e. The van der Waals surface area contributed by atoms with Crippen molar-refractivity contribution in [1.29, 1.82) is 0 Å². The normalized spacial score (nSPS) is 13.4. The summed E-state index contributed by atoms with van der Waals surface area (Å²) in [5.74, 6) is 1.59. The van der Waals surface area contributed by atoms with Crippen LogP contribution in [0.1, 0.15) is 40.7 Å². The highest BCUT2D eigenvalue weighted by Crippen LogP contribution is 2.41. The Kier molecular flexibility index (Phi) is 6.32. The van der Waals surface area contributed by atoms with Crippen LogP contribution in [0, 0.1) is 0 Å². The zero-order chi connectivity index (χ0) is 21.0. The number of carbonyl (C=O) groups is 1. The van der Waals surface area contributed by atoms with Crippen molar-refractivity contribution in [1.82, 2.24) is 0 Å². The molecule has 0 bridgehead atoms. The van der Waals surface area contributed by atoms with Crippen LogP contribution in [0.4, 0.5) is 0 Å². The summed E-state index contributed by atoms with van der Waals surface area (Å²) in [5.41, 5.74) is 2.43. The van der Waals surface area contributed by atoms with E-state index in [-0.39, 0.29) is 11.5 Å². The van der Waals surface area contributed by atoms with Gasteiger partial charge in [0.1, 0.15) is 0 Å². The number of allylic oxidation sites excluding steroid dienone is 2. The Morgan fingerprint density at radius 2 is 1.55 bits per heavy atom. The van der Waals surface area contributed by atoms with Crippen molar-refractivity contribution in [2.45, 2.75) is 25.7 Å².